The van der Waals surface area contributed by atoms with E-state index in [1.807, 2.05) is 24.4 Å². The lowest BCUT2D eigenvalue weighted by molar-refractivity contribution is -0.113. The third-order valence-electron chi connectivity index (χ3n) is 3.80. The molecule has 1 saturated heterocycles. The van der Waals surface area contributed by atoms with Crippen molar-refractivity contribution in [1.29, 1.82) is 0 Å². The highest BCUT2D eigenvalue weighted by Crippen LogP contribution is 2.27. The van der Waals surface area contributed by atoms with Gasteiger partial charge in [-0.1, -0.05) is 12.5 Å². The van der Waals surface area contributed by atoms with Gasteiger partial charge in [0, 0.05) is 6.54 Å². The van der Waals surface area contributed by atoms with E-state index < -0.39 is 0 Å². The van der Waals surface area contributed by atoms with E-state index in [4.69, 9.17) is 4.42 Å². The topological polar surface area (TPSA) is 46.3 Å². The number of oxazole rings is 1. The number of carbonyl (C=O) groups is 1. The number of hydrogen-bond acceptors (Lipinski definition) is 5. The SMILES string of the molecule is Cc1oc(-c2cccs2)nc1CN1CCCCC1C=O. The van der Waals surface area contributed by atoms with Crippen molar-refractivity contribution in [3.05, 3.63) is 29.0 Å². The molecule has 0 amide bonds. The zero-order chi connectivity index (χ0) is 13.9. The Kier molecular flexibility index (Phi) is 3.98. The highest BCUT2D eigenvalue weighted by Gasteiger charge is 2.24. The lowest BCUT2D eigenvalue weighted by Gasteiger charge is -2.31. The van der Waals surface area contributed by atoms with Crippen molar-refractivity contribution in [2.45, 2.75) is 38.8 Å². The number of piperidine rings is 1. The van der Waals surface area contributed by atoms with Gasteiger partial charge in [-0.25, -0.2) is 4.98 Å². The molecule has 0 aromatic carbocycles. The zero-order valence-corrected chi connectivity index (χ0v) is 12.4. The second-order valence-corrected chi connectivity index (χ2v) is 6.12. The predicted molar refractivity (Wildman–Crippen MR) is 78.7 cm³/mol. The highest BCUT2D eigenvalue weighted by molar-refractivity contribution is 7.13. The fraction of sp³-hybridized carbons (Fsp3) is 0.467. The molecule has 0 bridgehead atoms. The largest absolute Gasteiger partial charge is 0.440 e. The van der Waals surface area contributed by atoms with Crippen LogP contribution in [0.2, 0.25) is 0 Å². The maximum atomic E-state index is 11.2. The summed E-state index contributed by atoms with van der Waals surface area (Å²) < 4.78 is 5.75. The predicted octanol–water partition coefficient (Wildman–Crippen LogP) is 3.26. The molecule has 0 aliphatic carbocycles. The van der Waals surface area contributed by atoms with Gasteiger partial charge in [0.1, 0.15) is 12.0 Å². The molecule has 0 radical (unpaired) electrons. The average Bonchev–Trinajstić information content (AvgIpc) is 3.10. The lowest BCUT2D eigenvalue weighted by atomic mass is 10.0. The van der Waals surface area contributed by atoms with Crippen molar-refractivity contribution >= 4 is 17.6 Å². The fourth-order valence-electron chi connectivity index (χ4n) is 2.64. The van der Waals surface area contributed by atoms with Crippen LogP contribution in [0.25, 0.3) is 10.8 Å². The summed E-state index contributed by atoms with van der Waals surface area (Å²) in [4.78, 5) is 19.0. The monoisotopic (exact) mass is 290 g/mol. The Balaban J connectivity index is 1.78. The molecule has 3 rings (SSSR count). The quantitative estimate of drug-likeness (QED) is 0.811. The Morgan fingerprint density at radius 1 is 1.55 bits per heavy atom. The average molecular weight is 290 g/mol. The Morgan fingerprint density at radius 3 is 3.20 bits per heavy atom. The van der Waals surface area contributed by atoms with Crippen molar-refractivity contribution in [3.8, 4) is 10.8 Å². The van der Waals surface area contributed by atoms with E-state index in [-0.39, 0.29) is 6.04 Å². The van der Waals surface area contributed by atoms with E-state index in [2.05, 4.69) is 9.88 Å². The molecular formula is C15H18N2O2S. The first-order valence-electron chi connectivity index (χ1n) is 6.97. The van der Waals surface area contributed by atoms with Crippen LogP contribution in [0.15, 0.2) is 21.9 Å². The van der Waals surface area contributed by atoms with Gasteiger partial charge in [-0.3, -0.25) is 4.90 Å². The molecular weight excluding hydrogens is 272 g/mol. The van der Waals surface area contributed by atoms with Crippen LogP contribution in [0, 0.1) is 6.92 Å². The summed E-state index contributed by atoms with van der Waals surface area (Å²) >= 11 is 1.62. The van der Waals surface area contributed by atoms with Crippen LogP contribution in [0.3, 0.4) is 0 Å². The normalized spacial score (nSPS) is 20.1. The molecule has 1 unspecified atom stereocenters. The van der Waals surface area contributed by atoms with E-state index in [0.717, 1.165) is 48.4 Å². The summed E-state index contributed by atoms with van der Waals surface area (Å²) in [5.74, 6) is 1.54. The molecule has 5 heteroatoms. The molecule has 1 atom stereocenters. The maximum Gasteiger partial charge on any atom is 0.236 e. The number of aryl methyl sites for hydroxylation is 1. The summed E-state index contributed by atoms with van der Waals surface area (Å²) in [5, 5.41) is 2.02. The van der Waals surface area contributed by atoms with Gasteiger partial charge >= 0.3 is 0 Å². The number of rotatable bonds is 4. The summed E-state index contributed by atoms with van der Waals surface area (Å²) in [5.41, 5.74) is 0.946. The minimum Gasteiger partial charge on any atom is -0.440 e. The van der Waals surface area contributed by atoms with Crippen molar-refractivity contribution in [1.82, 2.24) is 9.88 Å². The number of carbonyl (C=O) groups excluding carboxylic acids is 1. The van der Waals surface area contributed by atoms with Crippen LogP contribution in [0.5, 0.6) is 0 Å². The van der Waals surface area contributed by atoms with Crippen LogP contribution >= 0.6 is 11.3 Å². The number of thiophene rings is 1. The number of likely N-dealkylation sites (tertiary alicyclic amines) is 1. The number of aromatic nitrogens is 1. The minimum atomic E-state index is 0.0324. The van der Waals surface area contributed by atoms with Crippen molar-refractivity contribution < 1.29 is 9.21 Å². The standard InChI is InChI=1S/C15H18N2O2S/c1-11-13(9-17-7-3-2-5-12(17)10-18)16-15(19-11)14-6-4-8-20-14/h4,6,8,10,12H,2-3,5,7,9H2,1H3. The van der Waals surface area contributed by atoms with Crippen molar-refractivity contribution in [2.24, 2.45) is 0 Å². The molecule has 20 heavy (non-hydrogen) atoms. The number of nitrogens with zero attached hydrogens (tertiary/aromatic N) is 2. The summed E-state index contributed by atoms with van der Waals surface area (Å²) in [6, 6.07) is 4.03. The maximum absolute atomic E-state index is 11.2. The Labute approximate surface area is 122 Å². The van der Waals surface area contributed by atoms with Crippen LogP contribution in [-0.2, 0) is 11.3 Å². The second-order valence-electron chi connectivity index (χ2n) is 5.17. The fourth-order valence-corrected chi connectivity index (χ4v) is 3.29. The first-order chi connectivity index (χ1) is 9.78. The minimum absolute atomic E-state index is 0.0324. The van der Waals surface area contributed by atoms with Crippen LogP contribution in [-0.4, -0.2) is 28.8 Å². The van der Waals surface area contributed by atoms with Gasteiger partial charge in [0.05, 0.1) is 16.6 Å². The Morgan fingerprint density at radius 2 is 2.45 bits per heavy atom. The molecule has 1 aliphatic rings. The van der Waals surface area contributed by atoms with Gasteiger partial charge in [0.15, 0.2) is 0 Å². The van der Waals surface area contributed by atoms with Gasteiger partial charge < -0.3 is 9.21 Å². The molecule has 2 aromatic rings. The molecule has 3 heterocycles. The second kappa shape index (κ2) is 5.89. The molecule has 0 saturated carbocycles. The van der Waals surface area contributed by atoms with Gasteiger partial charge in [0.25, 0.3) is 0 Å². The zero-order valence-electron chi connectivity index (χ0n) is 11.5. The van der Waals surface area contributed by atoms with Crippen molar-refractivity contribution in [2.75, 3.05) is 6.54 Å². The lowest BCUT2D eigenvalue weighted by Crippen LogP contribution is -2.40. The molecule has 4 nitrogen and oxygen atoms in total. The molecule has 1 aliphatic heterocycles. The molecule has 0 spiro atoms. The Bertz CT molecular complexity index is 577. The number of aldehydes is 1. The van der Waals surface area contributed by atoms with Gasteiger partial charge in [-0.15, -0.1) is 11.3 Å². The van der Waals surface area contributed by atoms with E-state index in [0.29, 0.717) is 12.4 Å². The Hall–Kier alpha value is -1.46. The van der Waals surface area contributed by atoms with Crippen LogP contribution < -0.4 is 0 Å². The van der Waals surface area contributed by atoms with E-state index in [1.165, 1.54) is 0 Å². The summed E-state index contributed by atoms with van der Waals surface area (Å²) in [6.07, 6.45) is 4.31. The van der Waals surface area contributed by atoms with Crippen molar-refractivity contribution in [3.63, 3.8) is 0 Å². The smallest absolute Gasteiger partial charge is 0.236 e. The first-order valence-corrected chi connectivity index (χ1v) is 7.85. The first kappa shape index (κ1) is 13.5. The molecule has 1 fully saturated rings. The van der Waals surface area contributed by atoms with Crippen LogP contribution in [0.4, 0.5) is 0 Å². The summed E-state index contributed by atoms with van der Waals surface area (Å²) in [7, 11) is 0. The third-order valence-corrected chi connectivity index (χ3v) is 4.66. The van der Waals surface area contributed by atoms with Gasteiger partial charge in [-0.2, -0.15) is 0 Å². The van der Waals surface area contributed by atoms with E-state index in [1.54, 1.807) is 11.3 Å². The highest BCUT2D eigenvalue weighted by atomic mass is 32.1. The third kappa shape index (κ3) is 2.69. The number of hydrogen-bond donors (Lipinski definition) is 0. The van der Waals surface area contributed by atoms with Gasteiger partial charge in [0.2, 0.25) is 5.89 Å². The molecule has 2 aromatic heterocycles. The molecule has 0 N–H and O–H groups in total. The van der Waals surface area contributed by atoms with Crippen LogP contribution in [0.1, 0.15) is 30.7 Å². The van der Waals surface area contributed by atoms with E-state index >= 15 is 0 Å². The van der Waals surface area contributed by atoms with E-state index in [9.17, 15) is 4.79 Å². The molecule has 106 valence electrons. The summed E-state index contributed by atoms with van der Waals surface area (Å²) in [6.45, 7) is 3.60. The van der Waals surface area contributed by atoms with Gasteiger partial charge in [-0.05, 0) is 37.8 Å².